The van der Waals surface area contributed by atoms with Gasteiger partial charge in [-0.1, -0.05) is 80.4 Å². The quantitative estimate of drug-likeness (QED) is 0.665. The maximum atomic E-state index is 5.85. The van der Waals surface area contributed by atoms with Crippen molar-refractivity contribution in [2.45, 2.75) is 38.3 Å². The second kappa shape index (κ2) is 9.39. The van der Waals surface area contributed by atoms with Crippen LogP contribution >= 0.6 is 0 Å². The predicted octanol–water partition coefficient (Wildman–Crippen LogP) is 4.90. The van der Waals surface area contributed by atoms with E-state index in [2.05, 4.69) is 66.8 Å². The van der Waals surface area contributed by atoms with Crippen molar-refractivity contribution in [3.63, 3.8) is 0 Å². The maximum absolute atomic E-state index is 5.85. The lowest BCUT2D eigenvalue weighted by molar-refractivity contribution is 0.0674. The van der Waals surface area contributed by atoms with Gasteiger partial charge in [-0.25, -0.2) is 0 Å². The molecule has 2 nitrogen and oxygen atoms in total. The molecule has 0 unspecified atom stereocenters. The number of methoxy groups -OCH3 is 1. The van der Waals surface area contributed by atoms with Crippen LogP contribution in [0.5, 0.6) is 0 Å². The molecule has 0 aromatic heterocycles. The van der Waals surface area contributed by atoms with Gasteiger partial charge in [0.2, 0.25) is 0 Å². The van der Waals surface area contributed by atoms with Crippen molar-refractivity contribution < 1.29 is 4.74 Å². The van der Waals surface area contributed by atoms with Crippen LogP contribution in [0.15, 0.2) is 60.7 Å². The Hall–Kier alpha value is -1.64. The largest absolute Gasteiger partial charge is 0.375 e. The van der Waals surface area contributed by atoms with Crippen molar-refractivity contribution in [1.82, 2.24) is 5.32 Å². The predicted molar refractivity (Wildman–Crippen MR) is 92.9 cm³/mol. The molecule has 0 aliphatic heterocycles. The zero-order valence-corrected chi connectivity index (χ0v) is 13.7. The van der Waals surface area contributed by atoms with Gasteiger partial charge in [0.25, 0.3) is 0 Å². The first kappa shape index (κ1) is 16.7. The lowest BCUT2D eigenvalue weighted by Crippen LogP contribution is -2.29. The molecule has 22 heavy (non-hydrogen) atoms. The second-order valence-electron chi connectivity index (χ2n) is 5.62. The number of rotatable bonds is 9. The van der Waals surface area contributed by atoms with Crippen LogP contribution in [0, 0.1) is 0 Å². The molecular weight excluding hydrogens is 270 g/mol. The van der Waals surface area contributed by atoms with E-state index in [1.54, 1.807) is 7.11 Å². The van der Waals surface area contributed by atoms with E-state index >= 15 is 0 Å². The fraction of sp³-hybridized carbons (Fsp3) is 0.400. The van der Waals surface area contributed by atoms with E-state index in [9.17, 15) is 0 Å². The summed E-state index contributed by atoms with van der Waals surface area (Å²) in [5, 5.41) is 3.70. The van der Waals surface area contributed by atoms with Gasteiger partial charge in [-0.3, -0.25) is 0 Å². The van der Waals surface area contributed by atoms with Crippen LogP contribution < -0.4 is 5.32 Å². The van der Waals surface area contributed by atoms with E-state index in [4.69, 9.17) is 4.74 Å². The summed E-state index contributed by atoms with van der Waals surface area (Å²) in [4.78, 5) is 0. The Morgan fingerprint density at radius 3 is 2.00 bits per heavy atom. The number of benzene rings is 2. The molecule has 0 aliphatic carbocycles. The Morgan fingerprint density at radius 1 is 0.864 bits per heavy atom. The molecule has 0 aliphatic rings. The first-order valence-corrected chi connectivity index (χ1v) is 8.23. The Kier molecular flexibility index (Phi) is 7.14. The van der Waals surface area contributed by atoms with Gasteiger partial charge in [-0.05, 0) is 24.1 Å². The Labute approximate surface area is 134 Å². The van der Waals surface area contributed by atoms with Gasteiger partial charge in [0.1, 0.15) is 6.10 Å². The van der Waals surface area contributed by atoms with Crippen LogP contribution in [0.2, 0.25) is 0 Å². The minimum absolute atomic E-state index is 0.0187. The SMILES string of the molecule is CCCCCN[C@@H](c1ccccc1)[C@H](OC)c1ccccc1. The third-order valence-electron chi connectivity index (χ3n) is 3.99. The molecule has 0 spiro atoms. The fourth-order valence-corrected chi connectivity index (χ4v) is 2.80. The van der Waals surface area contributed by atoms with E-state index < -0.39 is 0 Å². The molecule has 2 atom stereocenters. The third-order valence-corrected chi connectivity index (χ3v) is 3.99. The van der Waals surface area contributed by atoms with E-state index in [1.807, 2.05) is 6.07 Å². The molecule has 1 N–H and O–H groups in total. The van der Waals surface area contributed by atoms with Gasteiger partial charge in [0.05, 0.1) is 6.04 Å². The summed E-state index contributed by atoms with van der Waals surface area (Å²) in [6, 6.07) is 21.2. The zero-order valence-electron chi connectivity index (χ0n) is 13.7. The van der Waals surface area contributed by atoms with Crippen molar-refractivity contribution in [3.8, 4) is 0 Å². The van der Waals surface area contributed by atoms with Crippen LogP contribution in [0.4, 0.5) is 0 Å². The van der Waals surface area contributed by atoms with Gasteiger partial charge in [-0.2, -0.15) is 0 Å². The molecule has 2 aromatic rings. The summed E-state index contributed by atoms with van der Waals surface area (Å²) >= 11 is 0. The zero-order chi connectivity index (χ0) is 15.6. The molecule has 118 valence electrons. The molecule has 2 aromatic carbocycles. The van der Waals surface area contributed by atoms with E-state index in [0.29, 0.717) is 0 Å². The molecule has 0 amide bonds. The lowest BCUT2D eigenvalue weighted by atomic mass is 9.95. The summed E-state index contributed by atoms with van der Waals surface area (Å²) in [5.41, 5.74) is 2.48. The number of ether oxygens (including phenoxy) is 1. The van der Waals surface area contributed by atoms with E-state index in [-0.39, 0.29) is 12.1 Å². The molecule has 0 bridgehead atoms. The van der Waals surface area contributed by atoms with E-state index in [0.717, 1.165) is 6.54 Å². The van der Waals surface area contributed by atoms with E-state index in [1.165, 1.54) is 30.4 Å². The van der Waals surface area contributed by atoms with Crippen LogP contribution in [0.25, 0.3) is 0 Å². The minimum Gasteiger partial charge on any atom is -0.375 e. The van der Waals surface area contributed by atoms with Crippen LogP contribution in [0.3, 0.4) is 0 Å². The van der Waals surface area contributed by atoms with Crippen molar-refractivity contribution in [3.05, 3.63) is 71.8 Å². The molecule has 0 fully saturated rings. The van der Waals surface area contributed by atoms with Gasteiger partial charge < -0.3 is 10.1 Å². The first-order chi connectivity index (χ1) is 10.9. The standard InChI is InChI=1S/C20H27NO/c1-3-4-11-16-21-19(17-12-7-5-8-13-17)20(22-2)18-14-9-6-10-15-18/h5-10,12-15,19-21H,3-4,11,16H2,1-2H3/t19-,20+/m0/s1. The van der Waals surface area contributed by atoms with Gasteiger partial charge in [-0.15, -0.1) is 0 Å². The highest BCUT2D eigenvalue weighted by atomic mass is 16.5. The summed E-state index contributed by atoms with van der Waals surface area (Å²) in [5.74, 6) is 0. The molecule has 2 rings (SSSR count). The lowest BCUT2D eigenvalue weighted by Gasteiger charge is -2.28. The highest BCUT2D eigenvalue weighted by Crippen LogP contribution is 2.31. The van der Waals surface area contributed by atoms with Gasteiger partial charge in [0.15, 0.2) is 0 Å². The van der Waals surface area contributed by atoms with Crippen molar-refractivity contribution in [2.24, 2.45) is 0 Å². The minimum atomic E-state index is 0.0187. The average Bonchev–Trinajstić information content (AvgIpc) is 2.59. The summed E-state index contributed by atoms with van der Waals surface area (Å²) in [6.45, 7) is 3.25. The fourth-order valence-electron chi connectivity index (χ4n) is 2.80. The normalized spacial score (nSPS) is 13.7. The molecule has 2 heteroatoms. The smallest absolute Gasteiger partial charge is 0.102 e. The summed E-state index contributed by atoms with van der Waals surface area (Å²) in [7, 11) is 1.79. The van der Waals surface area contributed by atoms with Crippen molar-refractivity contribution in [2.75, 3.05) is 13.7 Å². The Balaban J connectivity index is 2.18. The average molecular weight is 297 g/mol. The van der Waals surface area contributed by atoms with Crippen LogP contribution in [-0.4, -0.2) is 13.7 Å². The van der Waals surface area contributed by atoms with Gasteiger partial charge in [0, 0.05) is 7.11 Å². The second-order valence-corrected chi connectivity index (χ2v) is 5.62. The first-order valence-electron chi connectivity index (χ1n) is 8.23. The summed E-state index contributed by atoms with van der Waals surface area (Å²) < 4.78 is 5.85. The number of hydrogen-bond donors (Lipinski definition) is 1. The van der Waals surface area contributed by atoms with Crippen LogP contribution in [0.1, 0.15) is 49.5 Å². The summed E-state index contributed by atoms with van der Waals surface area (Å²) in [6.07, 6.45) is 3.72. The van der Waals surface area contributed by atoms with Crippen molar-refractivity contribution in [1.29, 1.82) is 0 Å². The molecule has 0 heterocycles. The number of unbranched alkanes of at least 4 members (excludes halogenated alkanes) is 2. The van der Waals surface area contributed by atoms with Gasteiger partial charge >= 0.3 is 0 Å². The number of nitrogens with one attached hydrogen (secondary N) is 1. The van der Waals surface area contributed by atoms with Crippen molar-refractivity contribution >= 4 is 0 Å². The number of hydrogen-bond acceptors (Lipinski definition) is 2. The Morgan fingerprint density at radius 2 is 1.45 bits per heavy atom. The topological polar surface area (TPSA) is 21.3 Å². The molecule has 0 saturated carbocycles. The van der Waals surface area contributed by atoms with Crippen LogP contribution in [-0.2, 0) is 4.74 Å². The highest BCUT2D eigenvalue weighted by Gasteiger charge is 2.23. The monoisotopic (exact) mass is 297 g/mol. The molecular formula is C20H27NO. The maximum Gasteiger partial charge on any atom is 0.102 e. The highest BCUT2D eigenvalue weighted by molar-refractivity contribution is 5.26. The molecule has 0 saturated heterocycles. The third kappa shape index (κ3) is 4.69. The molecule has 0 radical (unpaired) electrons. The Bertz CT molecular complexity index is 512.